The van der Waals surface area contributed by atoms with Gasteiger partial charge in [-0.25, -0.2) is 4.79 Å². The van der Waals surface area contributed by atoms with E-state index in [2.05, 4.69) is 13.0 Å². The van der Waals surface area contributed by atoms with E-state index in [1.807, 2.05) is 0 Å². The van der Waals surface area contributed by atoms with Gasteiger partial charge in [-0.3, -0.25) is 0 Å². The van der Waals surface area contributed by atoms with Gasteiger partial charge in [0.05, 0.1) is 19.8 Å². The van der Waals surface area contributed by atoms with Gasteiger partial charge in [0.1, 0.15) is 5.75 Å². The number of rotatable bonds is 8. The van der Waals surface area contributed by atoms with E-state index in [0.29, 0.717) is 17.7 Å². The summed E-state index contributed by atoms with van der Waals surface area (Å²) in [5.74, 6) is 0.156. The summed E-state index contributed by atoms with van der Waals surface area (Å²) in [5.41, 5.74) is -0.612. The average Bonchev–Trinajstić information content (AvgIpc) is 2.52. The Morgan fingerprint density at radius 2 is 2.10 bits per heavy atom. The monoisotopic (exact) mass is 289 g/mol. The summed E-state index contributed by atoms with van der Waals surface area (Å²) in [6, 6.07) is 9.31. The first-order valence-electron chi connectivity index (χ1n) is 7.37. The lowest BCUT2D eigenvalue weighted by atomic mass is 9.77. The molecule has 0 aromatic heterocycles. The minimum absolute atomic E-state index is 0.264. The molecule has 0 saturated carbocycles. The van der Waals surface area contributed by atoms with Crippen molar-refractivity contribution >= 4 is 5.97 Å². The van der Waals surface area contributed by atoms with Crippen LogP contribution < -0.4 is 4.74 Å². The average molecular weight is 289 g/mol. The lowest BCUT2D eigenvalue weighted by molar-refractivity contribution is -0.148. The van der Waals surface area contributed by atoms with Crippen molar-refractivity contribution < 1.29 is 14.3 Å². The number of hydrogen-bond donors (Lipinski definition) is 0. The molecule has 0 unspecified atom stereocenters. The Hall–Kier alpha value is -2.02. The second-order valence-corrected chi connectivity index (χ2v) is 4.93. The third kappa shape index (κ3) is 3.98. The van der Waals surface area contributed by atoms with Gasteiger partial charge in [0.15, 0.2) is 5.41 Å². The summed E-state index contributed by atoms with van der Waals surface area (Å²) in [6.45, 7) is 4.10. The zero-order valence-corrected chi connectivity index (χ0v) is 13.0. The summed E-state index contributed by atoms with van der Waals surface area (Å²) in [6.07, 6.45) is 3.28. The molecule has 0 fully saturated rings. The number of carbonyl (C=O) groups is 1. The maximum atomic E-state index is 12.4. The highest BCUT2D eigenvalue weighted by molar-refractivity contribution is 5.87. The first-order valence-corrected chi connectivity index (χ1v) is 7.37. The second-order valence-electron chi connectivity index (χ2n) is 4.93. The molecule has 0 N–H and O–H groups in total. The Morgan fingerprint density at radius 3 is 2.67 bits per heavy atom. The molecule has 1 aromatic carbocycles. The highest BCUT2D eigenvalue weighted by Crippen LogP contribution is 2.33. The van der Waals surface area contributed by atoms with Crippen molar-refractivity contribution in [3.05, 3.63) is 29.8 Å². The highest BCUT2D eigenvalue weighted by atomic mass is 16.5. The molecule has 0 saturated heterocycles. The van der Waals surface area contributed by atoms with Crippen LogP contribution in [0, 0.1) is 11.3 Å². The van der Waals surface area contributed by atoms with Crippen molar-refractivity contribution in [2.45, 2.75) is 44.9 Å². The van der Waals surface area contributed by atoms with Gasteiger partial charge in [-0.2, -0.15) is 5.26 Å². The Morgan fingerprint density at radius 1 is 1.33 bits per heavy atom. The maximum Gasteiger partial charge on any atom is 0.331 e. The van der Waals surface area contributed by atoms with E-state index in [0.717, 1.165) is 19.3 Å². The summed E-state index contributed by atoms with van der Waals surface area (Å²) in [5, 5.41) is 9.70. The van der Waals surface area contributed by atoms with Gasteiger partial charge in [-0.05, 0) is 31.0 Å². The molecule has 1 atom stereocenters. The second kappa shape index (κ2) is 8.31. The molecule has 0 aliphatic rings. The lowest BCUT2D eigenvalue weighted by Crippen LogP contribution is -2.36. The van der Waals surface area contributed by atoms with Crippen molar-refractivity contribution in [2.24, 2.45) is 0 Å². The number of methoxy groups -OCH3 is 1. The first-order chi connectivity index (χ1) is 10.1. The van der Waals surface area contributed by atoms with Gasteiger partial charge >= 0.3 is 5.97 Å². The van der Waals surface area contributed by atoms with E-state index in [4.69, 9.17) is 9.47 Å². The van der Waals surface area contributed by atoms with E-state index in [9.17, 15) is 10.1 Å². The summed E-state index contributed by atoms with van der Waals surface area (Å²) in [7, 11) is 1.56. The van der Waals surface area contributed by atoms with Crippen LogP contribution in [0.2, 0.25) is 0 Å². The van der Waals surface area contributed by atoms with Crippen molar-refractivity contribution in [1.29, 1.82) is 5.26 Å². The number of nitrogens with zero attached hydrogens (tertiary/aromatic N) is 1. The van der Waals surface area contributed by atoms with Crippen LogP contribution in [0.1, 0.15) is 45.1 Å². The fourth-order valence-electron chi connectivity index (χ4n) is 2.31. The van der Waals surface area contributed by atoms with Crippen molar-refractivity contribution in [3.8, 4) is 11.8 Å². The molecule has 0 bridgehead atoms. The van der Waals surface area contributed by atoms with Crippen molar-refractivity contribution in [2.75, 3.05) is 13.7 Å². The normalized spacial score (nSPS) is 13.0. The van der Waals surface area contributed by atoms with E-state index in [1.165, 1.54) is 0 Å². The number of nitriles is 1. The van der Waals surface area contributed by atoms with Crippen molar-refractivity contribution in [1.82, 2.24) is 0 Å². The molecule has 0 spiro atoms. The SMILES string of the molecule is CCCCC[C@@](C#N)(C(=O)OCC)c1cccc(OC)c1. The Labute approximate surface area is 126 Å². The zero-order chi connectivity index (χ0) is 15.7. The molecule has 0 heterocycles. The quantitative estimate of drug-likeness (QED) is 0.542. The van der Waals surface area contributed by atoms with Gasteiger partial charge in [0, 0.05) is 0 Å². The molecule has 21 heavy (non-hydrogen) atoms. The predicted octanol–water partition coefficient (Wildman–Crippen LogP) is 3.60. The Kier molecular flexibility index (Phi) is 6.74. The van der Waals surface area contributed by atoms with Gasteiger partial charge in [-0.15, -0.1) is 0 Å². The van der Waals surface area contributed by atoms with Crippen molar-refractivity contribution in [3.63, 3.8) is 0 Å². The predicted molar refractivity (Wildman–Crippen MR) is 81.1 cm³/mol. The van der Waals surface area contributed by atoms with E-state index in [-0.39, 0.29) is 6.61 Å². The minimum atomic E-state index is -1.25. The molecule has 4 nitrogen and oxygen atoms in total. The van der Waals surface area contributed by atoms with Gasteiger partial charge in [0.2, 0.25) is 0 Å². The summed E-state index contributed by atoms with van der Waals surface area (Å²) in [4.78, 5) is 12.4. The van der Waals surface area contributed by atoms with Gasteiger partial charge in [-0.1, -0.05) is 38.3 Å². The number of ether oxygens (including phenoxy) is 2. The molecule has 0 aliphatic heterocycles. The standard InChI is InChI=1S/C17H23NO3/c1-4-6-7-11-17(13-18,16(19)21-5-2)14-9-8-10-15(12-14)20-3/h8-10,12H,4-7,11H2,1-3H3/t17-/m0/s1. The number of hydrogen-bond acceptors (Lipinski definition) is 4. The molecular formula is C17H23NO3. The van der Waals surface area contributed by atoms with Crippen LogP contribution in [0.5, 0.6) is 5.75 Å². The fraction of sp³-hybridized carbons (Fsp3) is 0.529. The van der Waals surface area contributed by atoms with Gasteiger partial charge in [0.25, 0.3) is 0 Å². The lowest BCUT2D eigenvalue weighted by Gasteiger charge is -2.25. The smallest absolute Gasteiger partial charge is 0.331 e. The largest absolute Gasteiger partial charge is 0.497 e. The molecule has 0 amide bonds. The molecule has 0 radical (unpaired) electrons. The maximum absolute atomic E-state index is 12.4. The van der Waals surface area contributed by atoms with Crippen LogP contribution in [0.25, 0.3) is 0 Å². The third-order valence-electron chi connectivity index (χ3n) is 3.53. The topological polar surface area (TPSA) is 59.3 Å². The molecule has 1 aromatic rings. The summed E-state index contributed by atoms with van der Waals surface area (Å²) >= 11 is 0. The number of carbonyl (C=O) groups excluding carboxylic acids is 1. The van der Waals surface area contributed by atoms with Crippen LogP contribution in [0.3, 0.4) is 0 Å². The third-order valence-corrected chi connectivity index (χ3v) is 3.53. The van der Waals surface area contributed by atoms with Crippen LogP contribution in [0.4, 0.5) is 0 Å². The van der Waals surface area contributed by atoms with Crippen LogP contribution in [0.15, 0.2) is 24.3 Å². The van der Waals surface area contributed by atoms with E-state index >= 15 is 0 Å². The number of esters is 1. The molecular weight excluding hydrogens is 266 g/mol. The molecule has 4 heteroatoms. The zero-order valence-electron chi connectivity index (χ0n) is 13.0. The Balaban J connectivity index is 3.20. The number of unbranched alkanes of at least 4 members (excludes halogenated alkanes) is 2. The highest BCUT2D eigenvalue weighted by Gasteiger charge is 2.42. The fourth-order valence-corrected chi connectivity index (χ4v) is 2.31. The molecule has 0 aliphatic carbocycles. The summed E-state index contributed by atoms with van der Waals surface area (Å²) < 4.78 is 10.4. The van der Waals surface area contributed by atoms with Crippen LogP contribution >= 0.6 is 0 Å². The van der Waals surface area contributed by atoms with E-state index < -0.39 is 11.4 Å². The van der Waals surface area contributed by atoms with E-state index in [1.54, 1.807) is 38.3 Å². The van der Waals surface area contributed by atoms with Crippen LogP contribution in [-0.4, -0.2) is 19.7 Å². The minimum Gasteiger partial charge on any atom is -0.497 e. The first kappa shape index (κ1) is 17.0. The Bertz CT molecular complexity index is 507. The van der Waals surface area contributed by atoms with Gasteiger partial charge < -0.3 is 9.47 Å². The number of benzene rings is 1. The van der Waals surface area contributed by atoms with Crippen LogP contribution in [-0.2, 0) is 14.9 Å². The molecule has 114 valence electrons. The molecule has 1 rings (SSSR count).